The summed E-state index contributed by atoms with van der Waals surface area (Å²) >= 11 is 0. The molecule has 1 aromatic rings. The van der Waals surface area contributed by atoms with Gasteiger partial charge in [0, 0.05) is 13.1 Å². The summed E-state index contributed by atoms with van der Waals surface area (Å²) in [7, 11) is -3.61. The first-order valence-electron chi connectivity index (χ1n) is 6.54. The molecule has 0 spiro atoms. The quantitative estimate of drug-likeness (QED) is 0.867. The molecule has 0 aliphatic carbocycles. The molecule has 112 valence electrons. The van der Waals surface area contributed by atoms with Crippen LogP contribution in [0.3, 0.4) is 0 Å². The number of aliphatic hydroxyl groups excluding tert-OH is 1. The van der Waals surface area contributed by atoms with E-state index in [1.807, 2.05) is 13.8 Å². The first-order chi connectivity index (χ1) is 9.40. The summed E-state index contributed by atoms with van der Waals surface area (Å²) < 4.78 is 34.1. The van der Waals surface area contributed by atoms with Gasteiger partial charge in [0.25, 0.3) is 0 Å². The zero-order valence-corrected chi connectivity index (χ0v) is 12.4. The van der Waals surface area contributed by atoms with Crippen molar-refractivity contribution >= 4 is 15.9 Å². The normalized spacial score (nSPS) is 24.6. The Bertz CT molecular complexity index is 551. The van der Waals surface area contributed by atoms with E-state index in [1.54, 1.807) is 24.3 Å². The van der Waals surface area contributed by atoms with Gasteiger partial charge in [-0.3, -0.25) is 4.72 Å². The van der Waals surface area contributed by atoms with Crippen LogP contribution in [-0.2, 0) is 21.6 Å². The van der Waals surface area contributed by atoms with Crippen molar-refractivity contribution in [2.24, 2.45) is 0 Å². The van der Waals surface area contributed by atoms with Crippen LogP contribution >= 0.6 is 0 Å². The summed E-state index contributed by atoms with van der Waals surface area (Å²) in [5.74, 6) is 0. The summed E-state index contributed by atoms with van der Waals surface area (Å²) in [4.78, 5) is 0. The van der Waals surface area contributed by atoms with Crippen molar-refractivity contribution in [3.63, 3.8) is 0 Å². The largest absolute Gasteiger partial charge is 0.392 e. The van der Waals surface area contributed by atoms with E-state index in [2.05, 4.69) is 4.72 Å². The minimum atomic E-state index is -3.61. The Morgan fingerprint density at radius 1 is 1.35 bits per heavy atom. The Labute approximate surface area is 119 Å². The lowest BCUT2D eigenvalue weighted by Gasteiger charge is -2.34. The summed E-state index contributed by atoms with van der Waals surface area (Å²) in [6, 6.07) is 6.71. The minimum absolute atomic E-state index is 0.124. The molecule has 0 aromatic heterocycles. The van der Waals surface area contributed by atoms with Crippen molar-refractivity contribution in [2.45, 2.75) is 32.7 Å². The first kappa shape index (κ1) is 15.2. The Kier molecular flexibility index (Phi) is 4.64. The first-order valence-corrected chi connectivity index (χ1v) is 7.98. The highest BCUT2D eigenvalue weighted by molar-refractivity contribution is 7.90. The lowest BCUT2D eigenvalue weighted by Crippen LogP contribution is -2.49. The average Bonchev–Trinajstić information content (AvgIpc) is 2.37. The van der Waals surface area contributed by atoms with E-state index < -0.39 is 10.2 Å². The SMILES string of the molecule is CC1CN(S(=O)(=O)Nc2cccc(CO)c2)CC(C)O1. The van der Waals surface area contributed by atoms with Gasteiger partial charge in [0.2, 0.25) is 0 Å². The second-order valence-corrected chi connectivity index (χ2v) is 6.71. The van der Waals surface area contributed by atoms with E-state index >= 15 is 0 Å². The van der Waals surface area contributed by atoms with E-state index in [4.69, 9.17) is 9.84 Å². The fourth-order valence-corrected chi connectivity index (χ4v) is 3.64. The van der Waals surface area contributed by atoms with Crippen LogP contribution in [0.25, 0.3) is 0 Å². The van der Waals surface area contributed by atoms with Crippen LogP contribution in [0.15, 0.2) is 24.3 Å². The fourth-order valence-electron chi connectivity index (χ4n) is 2.27. The molecular formula is C13H20N2O4S. The van der Waals surface area contributed by atoms with Gasteiger partial charge in [-0.15, -0.1) is 0 Å². The van der Waals surface area contributed by atoms with Crippen LogP contribution < -0.4 is 4.72 Å². The van der Waals surface area contributed by atoms with Crippen LogP contribution in [0.2, 0.25) is 0 Å². The van der Waals surface area contributed by atoms with E-state index in [-0.39, 0.29) is 18.8 Å². The van der Waals surface area contributed by atoms with Crippen LogP contribution in [0.4, 0.5) is 5.69 Å². The lowest BCUT2D eigenvalue weighted by molar-refractivity contribution is -0.0439. The molecule has 7 heteroatoms. The molecule has 0 bridgehead atoms. The van der Waals surface area contributed by atoms with E-state index in [0.29, 0.717) is 24.3 Å². The molecule has 1 aliphatic heterocycles. The molecule has 6 nitrogen and oxygen atoms in total. The zero-order valence-electron chi connectivity index (χ0n) is 11.6. The molecule has 0 amide bonds. The van der Waals surface area contributed by atoms with E-state index in [1.165, 1.54) is 4.31 Å². The second-order valence-electron chi connectivity index (χ2n) is 5.04. The molecule has 2 atom stereocenters. The maximum Gasteiger partial charge on any atom is 0.301 e. The summed E-state index contributed by atoms with van der Waals surface area (Å²) in [6.45, 7) is 4.25. The van der Waals surface area contributed by atoms with Gasteiger partial charge < -0.3 is 9.84 Å². The van der Waals surface area contributed by atoms with Crippen molar-refractivity contribution in [1.29, 1.82) is 0 Å². The summed E-state index contributed by atoms with van der Waals surface area (Å²) in [5, 5.41) is 9.07. The third kappa shape index (κ3) is 3.69. The number of ether oxygens (including phenoxy) is 1. The van der Waals surface area contributed by atoms with E-state index in [0.717, 1.165) is 0 Å². The summed E-state index contributed by atoms with van der Waals surface area (Å²) in [5.41, 5.74) is 1.11. The number of benzene rings is 1. The summed E-state index contributed by atoms with van der Waals surface area (Å²) in [6.07, 6.45) is -0.252. The molecule has 1 fully saturated rings. The highest BCUT2D eigenvalue weighted by Gasteiger charge is 2.30. The molecule has 1 aliphatic rings. The van der Waals surface area contributed by atoms with Gasteiger partial charge in [0.05, 0.1) is 24.5 Å². The molecule has 20 heavy (non-hydrogen) atoms. The maximum absolute atomic E-state index is 12.3. The number of hydrogen-bond acceptors (Lipinski definition) is 4. The predicted molar refractivity (Wildman–Crippen MR) is 76.5 cm³/mol. The second kappa shape index (κ2) is 6.09. The Balaban J connectivity index is 2.14. The van der Waals surface area contributed by atoms with Gasteiger partial charge in [0.15, 0.2) is 0 Å². The van der Waals surface area contributed by atoms with Crippen LogP contribution in [0.1, 0.15) is 19.4 Å². The van der Waals surface area contributed by atoms with Gasteiger partial charge in [-0.2, -0.15) is 12.7 Å². The molecule has 1 aromatic carbocycles. The molecule has 2 rings (SSSR count). The zero-order chi connectivity index (χ0) is 14.8. The fraction of sp³-hybridized carbons (Fsp3) is 0.538. The number of hydrogen-bond donors (Lipinski definition) is 2. The van der Waals surface area contributed by atoms with Crippen LogP contribution in [0, 0.1) is 0 Å². The maximum atomic E-state index is 12.3. The molecule has 1 saturated heterocycles. The number of morpholine rings is 1. The van der Waals surface area contributed by atoms with E-state index in [9.17, 15) is 8.42 Å². The number of nitrogens with zero attached hydrogens (tertiary/aromatic N) is 1. The third-order valence-corrected chi connectivity index (χ3v) is 4.55. The van der Waals surface area contributed by atoms with Crippen LogP contribution in [-0.4, -0.2) is 43.1 Å². The smallest absolute Gasteiger partial charge is 0.301 e. The predicted octanol–water partition coefficient (Wildman–Crippen LogP) is 0.945. The molecular weight excluding hydrogens is 280 g/mol. The highest BCUT2D eigenvalue weighted by atomic mass is 32.2. The highest BCUT2D eigenvalue weighted by Crippen LogP contribution is 2.18. The Morgan fingerprint density at radius 3 is 2.60 bits per heavy atom. The number of rotatable bonds is 4. The van der Waals surface area contributed by atoms with Gasteiger partial charge in [-0.05, 0) is 31.5 Å². The molecule has 2 unspecified atom stereocenters. The average molecular weight is 300 g/mol. The van der Waals surface area contributed by atoms with Crippen molar-refractivity contribution in [1.82, 2.24) is 4.31 Å². The monoisotopic (exact) mass is 300 g/mol. The standard InChI is InChI=1S/C13H20N2O4S/c1-10-7-15(8-11(2)19-10)20(17,18)14-13-5-3-4-12(6-13)9-16/h3-6,10-11,14,16H,7-9H2,1-2H3. The minimum Gasteiger partial charge on any atom is -0.392 e. The Morgan fingerprint density at radius 2 is 2.00 bits per heavy atom. The molecule has 0 radical (unpaired) electrons. The van der Waals surface area contributed by atoms with Crippen molar-refractivity contribution < 1.29 is 18.3 Å². The van der Waals surface area contributed by atoms with Gasteiger partial charge in [-0.1, -0.05) is 12.1 Å². The number of aliphatic hydroxyl groups is 1. The Hall–Kier alpha value is -1.15. The lowest BCUT2D eigenvalue weighted by atomic mass is 10.2. The number of nitrogens with one attached hydrogen (secondary N) is 1. The number of anilines is 1. The van der Waals surface area contributed by atoms with Crippen LogP contribution in [0.5, 0.6) is 0 Å². The van der Waals surface area contributed by atoms with Gasteiger partial charge in [0.1, 0.15) is 0 Å². The van der Waals surface area contributed by atoms with Crippen molar-refractivity contribution in [3.8, 4) is 0 Å². The molecule has 0 saturated carbocycles. The molecule has 1 heterocycles. The van der Waals surface area contributed by atoms with Gasteiger partial charge >= 0.3 is 10.2 Å². The van der Waals surface area contributed by atoms with Gasteiger partial charge in [-0.25, -0.2) is 0 Å². The topological polar surface area (TPSA) is 78.9 Å². The van der Waals surface area contributed by atoms with Crippen molar-refractivity contribution in [3.05, 3.63) is 29.8 Å². The third-order valence-electron chi connectivity index (χ3n) is 3.08. The molecule has 2 N–H and O–H groups in total. The van der Waals surface area contributed by atoms with Crippen molar-refractivity contribution in [2.75, 3.05) is 17.8 Å².